The number of fused-ring (bicyclic) bond motifs is 2. The Hall–Kier alpha value is -7.92. The van der Waals surface area contributed by atoms with Gasteiger partial charge >= 0.3 is 12.4 Å². The molecule has 10 rings (SSSR count). The Morgan fingerprint density at radius 2 is 0.927 bits per heavy atom. The van der Waals surface area contributed by atoms with E-state index in [0.29, 0.717) is 61.3 Å². The summed E-state index contributed by atoms with van der Waals surface area (Å²) in [4.78, 5) is 63.6. The van der Waals surface area contributed by atoms with Crippen molar-refractivity contribution in [3.63, 3.8) is 0 Å². The van der Waals surface area contributed by atoms with Crippen LogP contribution in [0.25, 0.3) is 22.3 Å². The first-order chi connectivity index (χ1) is 61.3. The Morgan fingerprint density at radius 3 is 1.33 bits per heavy atom. The lowest BCUT2D eigenvalue weighted by Gasteiger charge is -2.28. The molecule has 12 nitrogen and oxygen atoms in total. The standard InChI is InChI=1S/2C37H40F4N4O2S/c2*1-4-43(5-2)19-20-44(22-26-9-13-28(14-10-26)29-15-18-32(25(3)21-29)37(39,40)41)34(46)23-45-33-8-6-7-31(33)35(47)42-36(45)48-24-27-11-16-30(38)17-12-27/h2*9-18,21H,4-8,19-20,22-24H2,1-3H3/i4D2,5D2,6D2,7D2,8D2,9D,10D,13D,14D,15D,18D,19D2,20D2,21D,23D2;4D2,5D2,9D,10D,13D,14D,15D,18D,19D2,20D2,21D,23D2. The van der Waals surface area contributed by atoms with E-state index >= 15 is 9.59 Å². The fraction of sp³-hybridized carbons (Fsp3) is 0.378. The molecule has 0 fully saturated rings. The normalized spacial score (nSPS) is 22.0. The quantitative estimate of drug-likeness (QED) is 0.0295. The van der Waals surface area contributed by atoms with Crippen LogP contribution in [0.5, 0.6) is 0 Å². The average Bonchev–Trinajstić information content (AvgIpc) is 1.51. The van der Waals surface area contributed by atoms with Gasteiger partial charge in [0.25, 0.3) is 11.1 Å². The molecule has 2 aliphatic rings. The van der Waals surface area contributed by atoms with Gasteiger partial charge in [-0.2, -0.15) is 36.3 Å². The molecule has 2 aromatic heterocycles. The molecule has 2 heterocycles. The maximum atomic E-state index is 15.3. The van der Waals surface area contributed by atoms with E-state index in [9.17, 15) is 55.7 Å². The first-order valence-electron chi connectivity index (χ1n) is 48.2. The highest BCUT2D eigenvalue weighted by Gasteiger charge is 2.34. The van der Waals surface area contributed by atoms with Gasteiger partial charge in [-0.1, -0.05) is 148 Å². The Kier molecular flexibility index (Phi) is 12.4. The number of hydrogen-bond acceptors (Lipinski definition) is 10. The molecule has 22 heteroatoms. The maximum absolute atomic E-state index is 15.3. The van der Waals surface area contributed by atoms with Gasteiger partial charge in [-0.25, -0.2) is 8.78 Å². The van der Waals surface area contributed by atoms with Crippen LogP contribution in [-0.4, -0.2) is 102 Å². The smallest absolute Gasteiger partial charge is 0.336 e. The average molecular weight is 1400 g/mol. The van der Waals surface area contributed by atoms with E-state index in [-0.39, 0.29) is 61.1 Å². The molecule has 0 saturated heterocycles. The van der Waals surface area contributed by atoms with Crippen LogP contribution in [0.15, 0.2) is 153 Å². The van der Waals surface area contributed by atoms with Gasteiger partial charge in [-0.15, -0.1) is 0 Å². The molecular formula is C74H80F8N8O4S2. The van der Waals surface area contributed by atoms with E-state index in [1.165, 1.54) is 24.3 Å². The van der Waals surface area contributed by atoms with E-state index in [1.54, 1.807) is 0 Å². The van der Waals surface area contributed by atoms with E-state index in [1.807, 2.05) is 0 Å². The van der Waals surface area contributed by atoms with Crippen molar-refractivity contribution in [2.75, 3.05) is 52.0 Å². The number of alkyl halides is 6. The van der Waals surface area contributed by atoms with E-state index < -0.39 is 317 Å². The zero-order chi connectivity index (χ0) is 104. The fourth-order valence-corrected chi connectivity index (χ4v) is 10.6. The number of thioether (sulfide) groups is 2. The minimum Gasteiger partial charge on any atom is -0.336 e. The molecule has 8 aromatic rings. The Bertz CT molecular complexity index is 6100. The molecule has 6 aromatic carbocycles. The summed E-state index contributed by atoms with van der Waals surface area (Å²) in [5, 5.41) is -1.51. The van der Waals surface area contributed by atoms with Crippen LogP contribution in [0, 0.1) is 25.5 Å². The highest BCUT2D eigenvalue weighted by atomic mass is 32.2. The number of aromatic nitrogens is 4. The highest BCUT2D eigenvalue weighted by Crippen LogP contribution is 2.37. The summed E-state index contributed by atoms with van der Waals surface area (Å²) < 4.78 is 461. The van der Waals surface area contributed by atoms with E-state index in [4.69, 9.17) is 43.9 Å². The second-order valence-electron chi connectivity index (χ2n) is 20.0. The second kappa shape index (κ2) is 32.9. The first kappa shape index (κ1) is 36.1. The lowest BCUT2D eigenvalue weighted by molar-refractivity contribution is -0.138. The number of rotatable bonds is 26. The Labute approximate surface area is 620 Å². The number of carbonyl (C=O) groups excluding carboxylic acids is 2. The fourth-order valence-electron chi connectivity index (χ4n) is 8.80. The van der Waals surface area contributed by atoms with Crippen molar-refractivity contribution in [3.05, 3.63) is 232 Å². The lowest BCUT2D eigenvalue weighted by Crippen LogP contribution is -2.40. The summed E-state index contributed by atoms with van der Waals surface area (Å²) in [6, 6.07) is -8.71. The van der Waals surface area contributed by atoms with Gasteiger partial charge in [0.05, 0.1) is 41.3 Å². The third-order valence-electron chi connectivity index (χ3n) is 13.5. The zero-order valence-corrected chi connectivity index (χ0v) is 52.8. The molecule has 0 bridgehead atoms. The number of halogens is 8. The monoisotopic (exact) mass is 1400 g/mol. The largest absolute Gasteiger partial charge is 0.416 e. The van der Waals surface area contributed by atoms with Gasteiger partial charge in [0.1, 0.15) is 24.6 Å². The van der Waals surface area contributed by atoms with Gasteiger partial charge in [-0.3, -0.25) is 19.2 Å². The van der Waals surface area contributed by atoms with E-state index in [2.05, 4.69) is 9.97 Å². The lowest BCUT2D eigenvalue weighted by atomic mass is 9.98. The summed E-state index contributed by atoms with van der Waals surface area (Å²) >= 11 is 1.02. The number of amides is 2. The van der Waals surface area contributed by atoms with Crippen molar-refractivity contribution >= 4 is 35.3 Å². The van der Waals surface area contributed by atoms with Crippen LogP contribution in [0.2, 0.25) is 0 Å². The zero-order valence-electron chi connectivity index (χ0n) is 91.1. The Morgan fingerprint density at radius 1 is 0.531 bits per heavy atom. The van der Waals surface area contributed by atoms with Crippen molar-refractivity contribution in [2.45, 2.75) is 140 Å². The molecule has 0 radical (unpaired) electrons. The van der Waals surface area contributed by atoms with Crippen molar-refractivity contribution in [2.24, 2.45) is 0 Å². The number of nitrogens with zero attached hydrogens (tertiary/aromatic N) is 8. The minimum atomic E-state index is -5.29. The summed E-state index contributed by atoms with van der Waals surface area (Å²) in [6.07, 6.45) is -21.5. The van der Waals surface area contributed by atoms with Crippen LogP contribution in [-0.2, 0) is 85.1 Å². The van der Waals surface area contributed by atoms with Gasteiger partial charge in [0.15, 0.2) is 10.3 Å². The summed E-state index contributed by atoms with van der Waals surface area (Å²) in [5.41, 5.74) is -16.3. The molecule has 0 N–H and O–H groups in total. The van der Waals surface area contributed by atoms with Crippen LogP contribution in [0.4, 0.5) is 35.1 Å². The Balaban J connectivity index is 0.000000306. The predicted molar refractivity (Wildman–Crippen MR) is 363 cm³/mol. The van der Waals surface area contributed by atoms with Crippen molar-refractivity contribution in [1.82, 2.24) is 38.7 Å². The first-order valence-corrected chi connectivity index (χ1v) is 30.2. The molecule has 0 spiro atoms. The van der Waals surface area contributed by atoms with Crippen LogP contribution >= 0.6 is 23.5 Å². The molecule has 2 amide bonds. The number of benzene rings is 6. The number of carbonyl (C=O) groups is 2. The molecule has 96 heavy (non-hydrogen) atoms. The van der Waals surface area contributed by atoms with Gasteiger partial charge in [-0.05, 0) is 170 Å². The molecule has 0 aliphatic heterocycles. The number of hydrogen-bond donors (Lipinski definition) is 0. The molecular weight excluding hydrogens is 1280 g/mol. The topological polar surface area (TPSA) is 117 Å². The highest BCUT2D eigenvalue weighted by molar-refractivity contribution is 7.98. The maximum Gasteiger partial charge on any atom is 0.416 e. The predicted octanol–water partition coefficient (Wildman–Crippen LogP) is 15.1. The third-order valence-corrected chi connectivity index (χ3v) is 15.6. The molecule has 0 saturated carbocycles. The van der Waals surface area contributed by atoms with Crippen molar-refractivity contribution < 1.29 is 99.5 Å². The van der Waals surface area contributed by atoms with Crippen molar-refractivity contribution in [1.29, 1.82) is 0 Å². The van der Waals surface area contributed by atoms with Crippen LogP contribution in [0.1, 0.15) is 162 Å². The second-order valence-corrected chi connectivity index (χ2v) is 21.9. The molecule has 2 aliphatic carbocycles. The van der Waals surface area contributed by atoms with Gasteiger partial charge in [0.2, 0.25) is 11.8 Å². The van der Waals surface area contributed by atoms with Crippen LogP contribution in [0.3, 0.4) is 0 Å². The molecule has 0 unspecified atom stereocenters. The summed E-state index contributed by atoms with van der Waals surface area (Å²) in [5.74, 6) is -6.34. The minimum absolute atomic E-state index is 0.0192. The van der Waals surface area contributed by atoms with Crippen molar-refractivity contribution in [3.8, 4) is 22.3 Å². The molecule has 508 valence electrons. The van der Waals surface area contributed by atoms with Gasteiger partial charge in [0, 0.05) is 97.8 Å². The van der Waals surface area contributed by atoms with E-state index in [0.717, 1.165) is 38.1 Å². The van der Waals surface area contributed by atoms with Gasteiger partial charge < -0.3 is 28.7 Å². The number of likely N-dealkylation sites (N-methyl/N-ethyl adjacent to an activating group) is 2. The molecule has 0 atom stereocenters. The van der Waals surface area contributed by atoms with Crippen LogP contribution < -0.4 is 11.1 Å². The summed E-state index contributed by atoms with van der Waals surface area (Å²) in [7, 11) is 0. The third kappa shape index (κ3) is 18.8. The summed E-state index contributed by atoms with van der Waals surface area (Å²) in [6.45, 7) is -36.8. The SMILES string of the molecule is [2H]c1c([2H])c(-c2c([2H])c([2H])c(C(F)(F)F)c(C)c2[2H])c([2H])c([2H])c1CN(C(=O)C([2H])([2H])n1c(SCc2ccc(F)cc2)nc(=O)c2c1C([2H])([2H])C([2H])([2H])C2([2H])[2H])C([2H])([2H])C([2H])([2H])N(C([2H])([2H])C)C([2H])([2H])C.[2H]c1c([2H])c(-c2c([2H])c([2H])c(C(F)(F)F)c(C)c2[2H])c([2H])c([2H])c1CN(C(=O)C([2H])([2H])n1c(SCc2ccc(F)cc2)nc(=O)c2c1CCC2)C([2H])([2H])C([2H])([2H])N(C([2H])([2H])C)C([2H])([2H])C.